The van der Waals surface area contributed by atoms with Crippen LogP contribution >= 0.6 is 25.3 Å². The number of fused-ring (bicyclic) bond motifs is 2. The molecule has 8 heteroatoms. The Morgan fingerprint density at radius 3 is 1.00 bits per heavy atom. The molecule has 0 saturated heterocycles. The lowest BCUT2D eigenvalue weighted by Crippen LogP contribution is -2.20. The molecule has 0 atom stereocenters. The van der Waals surface area contributed by atoms with E-state index in [4.69, 9.17) is 0 Å². The number of carbonyl (C=O) groups excluding carboxylic acids is 2. The zero-order valence-corrected chi connectivity index (χ0v) is 28.3. The van der Waals surface area contributed by atoms with Gasteiger partial charge in [0.1, 0.15) is 0 Å². The second kappa shape index (κ2) is 14.7. The maximum absolute atomic E-state index is 13.5. The molecule has 0 saturated carbocycles. The van der Waals surface area contributed by atoms with Gasteiger partial charge in [0, 0.05) is 56.9 Å². The van der Waals surface area contributed by atoms with E-state index in [0.717, 1.165) is 43.4 Å². The number of rotatable bonds is 8. The molecule has 240 valence electrons. The second-order valence-electron chi connectivity index (χ2n) is 11.5. The second-order valence-corrected chi connectivity index (χ2v) is 12.6. The number of carbonyl (C=O) groups is 2. The van der Waals surface area contributed by atoms with Crippen molar-refractivity contribution in [1.82, 2.24) is 0 Å². The minimum absolute atomic E-state index is 0.215. The van der Waals surface area contributed by atoms with E-state index in [1.807, 2.05) is 97.1 Å². The van der Waals surface area contributed by atoms with Crippen LogP contribution in [0.3, 0.4) is 0 Å². The Morgan fingerprint density at radius 1 is 0.360 bits per heavy atom. The van der Waals surface area contributed by atoms with Crippen LogP contribution in [0.2, 0.25) is 0 Å². The molecule has 6 nitrogen and oxygen atoms in total. The highest BCUT2D eigenvalue weighted by atomic mass is 32.1. The first-order chi connectivity index (χ1) is 24.4. The highest BCUT2D eigenvalue weighted by molar-refractivity contribution is 7.80. The smallest absolute Gasteiger partial charge is 0.194 e. The molecular formula is C42H28N4O2S2. The van der Waals surface area contributed by atoms with Crippen LogP contribution in [0.15, 0.2) is 163 Å². The van der Waals surface area contributed by atoms with Gasteiger partial charge in [-0.05, 0) is 95.1 Å². The van der Waals surface area contributed by atoms with Crippen molar-refractivity contribution in [2.24, 2.45) is 20.0 Å². The van der Waals surface area contributed by atoms with Gasteiger partial charge in [0.05, 0.1) is 22.7 Å². The third kappa shape index (κ3) is 7.68. The van der Waals surface area contributed by atoms with Crippen LogP contribution in [0, 0.1) is 0 Å². The summed E-state index contributed by atoms with van der Waals surface area (Å²) in [5.74, 6) is -0.430. The van der Waals surface area contributed by atoms with Gasteiger partial charge >= 0.3 is 0 Å². The van der Waals surface area contributed by atoms with E-state index >= 15 is 0 Å². The standard InChI is InChI=1S/C42H28N4O2S2/c47-41-38-18-16-34(46-26-30-13-9-28(10-14-30)24-44-32-4-2-6-36(50)20-32)22-40(38)42(48)37-17-15-33(21-39(37)41)45-25-29-11-7-27(8-12-29)23-43-31-3-1-5-35(49)19-31/h1-26,49-50H. The first-order valence-corrected chi connectivity index (χ1v) is 16.6. The van der Waals surface area contributed by atoms with E-state index in [-0.39, 0.29) is 11.6 Å². The maximum atomic E-state index is 13.5. The quantitative estimate of drug-likeness (QED) is 0.123. The van der Waals surface area contributed by atoms with Crippen molar-refractivity contribution in [3.8, 4) is 0 Å². The number of hydrogen-bond acceptors (Lipinski definition) is 8. The highest BCUT2D eigenvalue weighted by Crippen LogP contribution is 2.32. The number of thiol groups is 2. The molecule has 1 aliphatic carbocycles. The number of benzene rings is 6. The minimum Gasteiger partial charge on any atom is -0.289 e. The predicted octanol–water partition coefficient (Wildman–Crippen LogP) is 10.0. The molecule has 0 unspecified atom stereocenters. The molecule has 0 N–H and O–H groups in total. The summed E-state index contributed by atoms with van der Waals surface area (Å²) in [7, 11) is 0. The Labute approximate surface area is 300 Å². The predicted molar refractivity (Wildman–Crippen MR) is 209 cm³/mol. The van der Waals surface area contributed by atoms with Crippen molar-refractivity contribution in [2.75, 3.05) is 0 Å². The lowest BCUT2D eigenvalue weighted by molar-refractivity contribution is 0.0979. The van der Waals surface area contributed by atoms with Gasteiger partial charge in [-0.15, -0.1) is 25.3 Å². The fourth-order valence-corrected chi connectivity index (χ4v) is 5.80. The van der Waals surface area contributed by atoms with Crippen LogP contribution in [0.1, 0.15) is 54.1 Å². The average Bonchev–Trinajstić information content (AvgIpc) is 3.14. The number of ketones is 2. The molecule has 0 spiro atoms. The van der Waals surface area contributed by atoms with Crippen molar-refractivity contribution >= 4 is 84.4 Å². The van der Waals surface area contributed by atoms with Gasteiger partial charge in [-0.1, -0.05) is 60.7 Å². The molecule has 6 aromatic carbocycles. The molecule has 7 rings (SSSR count). The minimum atomic E-state index is -0.215. The Kier molecular flexibility index (Phi) is 9.55. The third-order valence-corrected chi connectivity index (χ3v) is 8.52. The van der Waals surface area contributed by atoms with E-state index in [1.54, 1.807) is 61.3 Å². The molecule has 0 fully saturated rings. The van der Waals surface area contributed by atoms with Crippen molar-refractivity contribution in [2.45, 2.75) is 9.79 Å². The summed E-state index contributed by atoms with van der Waals surface area (Å²) in [5, 5.41) is 0. The Hall–Kier alpha value is -5.96. The zero-order valence-electron chi connectivity index (χ0n) is 26.5. The van der Waals surface area contributed by atoms with Crippen LogP contribution in [0.25, 0.3) is 0 Å². The van der Waals surface area contributed by atoms with Crippen LogP contribution in [0.4, 0.5) is 22.7 Å². The molecule has 0 amide bonds. The van der Waals surface area contributed by atoms with Crippen molar-refractivity contribution in [3.05, 3.63) is 178 Å². The first-order valence-electron chi connectivity index (χ1n) is 15.7. The van der Waals surface area contributed by atoms with E-state index in [0.29, 0.717) is 33.6 Å². The topological polar surface area (TPSA) is 83.6 Å². The van der Waals surface area contributed by atoms with E-state index in [9.17, 15) is 9.59 Å². The van der Waals surface area contributed by atoms with Crippen LogP contribution in [0.5, 0.6) is 0 Å². The number of nitrogens with zero attached hydrogens (tertiary/aromatic N) is 4. The van der Waals surface area contributed by atoms with Crippen molar-refractivity contribution in [3.63, 3.8) is 0 Å². The molecule has 0 bridgehead atoms. The first kappa shape index (κ1) is 32.6. The lowest BCUT2D eigenvalue weighted by atomic mass is 9.83. The molecular weight excluding hydrogens is 657 g/mol. The number of aliphatic imine (C=N–C) groups is 4. The molecule has 0 heterocycles. The molecule has 0 aromatic heterocycles. The van der Waals surface area contributed by atoms with E-state index in [2.05, 4.69) is 45.2 Å². The third-order valence-electron chi connectivity index (χ3n) is 7.97. The Balaban J connectivity index is 1.02. The van der Waals surface area contributed by atoms with Crippen molar-refractivity contribution < 1.29 is 9.59 Å². The van der Waals surface area contributed by atoms with Gasteiger partial charge in [-0.2, -0.15) is 0 Å². The molecule has 6 aromatic rings. The van der Waals surface area contributed by atoms with Gasteiger partial charge in [0.15, 0.2) is 11.6 Å². The van der Waals surface area contributed by atoms with Crippen LogP contribution in [-0.2, 0) is 0 Å². The molecule has 0 radical (unpaired) electrons. The summed E-state index contributed by atoms with van der Waals surface area (Å²) in [6.07, 6.45) is 7.05. The molecule has 50 heavy (non-hydrogen) atoms. The fourth-order valence-electron chi connectivity index (χ4n) is 5.37. The fraction of sp³-hybridized carbons (Fsp3) is 0. The molecule has 0 aliphatic heterocycles. The normalized spacial score (nSPS) is 12.8. The summed E-state index contributed by atoms with van der Waals surface area (Å²) in [5.41, 5.74) is 7.88. The van der Waals surface area contributed by atoms with Crippen LogP contribution < -0.4 is 0 Å². The van der Waals surface area contributed by atoms with E-state index in [1.165, 1.54) is 0 Å². The van der Waals surface area contributed by atoms with Gasteiger partial charge in [0.2, 0.25) is 0 Å². The summed E-state index contributed by atoms with van der Waals surface area (Å²) in [6, 6.07) is 41.0. The highest BCUT2D eigenvalue weighted by Gasteiger charge is 2.30. The van der Waals surface area contributed by atoms with Crippen molar-refractivity contribution in [1.29, 1.82) is 0 Å². The zero-order chi connectivity index (χ0) is 34.5. The van der Waals surface area contributed by atoms with Gasteiger partial charge < -0.3 is 0 Å². The summed E-state index contributed by atoms with van der Waals surface area (Å²) < 4.78 is 0. The van der Waals surface area contributed by atoms with E-state index < -0.39 is 0 Å². The van der Waals surface area contributed by atoms with Gasteiger partial charge in [-0.3, -0.25) is 29.6 Å². The number of hydrogen-bond donors (Lipinski definition) is 2. The van der Waals surface area contributed by atoms with Crippen LogP contribution in [-0.4, -0.2) is 36.4 Å². The lowest BCUT2D eigenvalue weighted by Gasteiger charge is -2.18. The molecule has 1 aliphatic rings. The summed E-state index contributed by atoms with van der Waals surface area (Å²) >= 11 is 8.71. The van der Waals surface area contributed by atoms with Gasteiger partial charge in [-0.25, -0.2) is 0 Å². The Morgan fingerprint density at radius 2 is 0.680 bits per heavy atom. The largest absolute Gasteiger partial charge is 0.289 e. The monoisotopic (exact) mass is 684 g/mol. The van der Waals surface area contributed by atoms with Gasteiger partial charge in [0.25, 0.3) is 0 Å². The maximum Gasteiger partial charge on any atom is 0.194 e. The average molecular weight is 685 g/mol. The SMILES string of the molecule is O=C1c2ccc(N=Cc3ccc(C=Nc4cccc(S)c4)cc3)cc2C(=O)c2ccc(N=Cc3ccc(C=Nc4cccc(S)c4)cc3)cc21. The summed E-state index contributed by atoms with van der Waals surface area (Å²) in [4.78, 5) is 46.9. The summed E-state index contributed by atoms with van der Waals surface area (Å²) in [6.45, 7) is 0. The Bertz CT molecular complexity index is 2210.